The third-order valence-corrected chi connectivity index (χ3v) is 4.87. The van der Waals surface area contributed by atoms with E-state index >= 15 is 0 Å². The van der Waals surface area contributed by atoms with Crippen molar-refractivity contribution in [2.24, 2.45) is 5.10 Å². The summed E-state index contributed by atoms with van der Waals surface area (Å²) in [6, 6.07) is 18.2. The van der Waals surface area contributed by atoms with Gasteiger partial charge in [-0.05, 0) is 84.6 Å². The van der Waals surface area contributed by atoms with Gasteiger partial charge in [-0.25, -0.2) is 5.43 Å². The summed E-state index contributed by atoms with van der Waals surface area (Å²) in [5.74, 6) is 1.03. The quantitative estimate of drug-likeness (QED) is 0.348. The molecule has 0 spiro atoms. The molecular formula is C24H22Cl2N2O3. The SMILES string of the molecule is Cc1cc(/C=N\NC(=O)COc2ccc(Cl)cc2)cc(C)c1OCc1ccc(Cl)cc1. The minimum absolute atomic E-state index is 0.144. The molecule has 1 N–H and O–H groups in total. The molecule has 0 radical (unpaired) electrons. The van der Waals surface area contributed by atoms with Crippen LogP contribution in [-0.2, 0) is 11.4 Å². The van der Waals surface area contributed by atoms with E-state index in [1.165, 1.54) is 0 Å². The lowest BCUT2D eigenvalue weighted by Gasteiger charge is -2.13. The van der Waals surface area contributed by atoms with Crippen LogP contribution in [0.2, 0.25) is 10.0 Å². The Balaban J connectivity index is 1.52. The van der Waals surface area contributed by atoms with E-state index in [9.17, 15) is 4.79 Å². The van der Waals surface area contributed by atoms with Gasteiger partial charge in [-0.3, -0.25) is 4.79 Å². The van der Waals surface area contributed by atoms with E-state index in [1.807, 2.05) is 50.2 Å². The maximum atomic E-state index is 11.9. The summed E-state index contributed by atoms with van der Waals surface area (Å²) >= 11 is 11.7. The van der Waals surface area contributed by atoms with E-state index in [0.717, 1.165) is 28.0 Å². The largest absolute Gasteiger partial charge is 0.488 e. The van der Waals surface area contributed by atoms with E-state index < -0.39 is 0 Å². The van der Waals surface area contributed by atoms with Crippen LogP contribution in [0.4, 0.5) is 0 Å². The van der Waals surface area contributed by atoms with Crippen LogP contribution in [0.15, 0.2) is 65.8 Å². The number of ether oxygens (including phenoxy) is 2. The smallest absolute Gasteiger partial charge is 0.277 e. The average molecular weight is 457 g/mol. The fourth-order valence-corrected chi connectivity index (χ4v) is 3.16. The highest BCUT2D eigenvalue weighted by molar-refractivity contribution is 6.30. The summed E-state index contributed by atoms with van der Waals surface area (Å²) in [6.07, 6.45) is 1.59. The van der Waals surface area contributed by atoms with E-state index in [2.05, 4.69) is 10.5 Å². The van der Waals surface area contributed by atoms with Gasteiger partial charge in [-0.2, -0.15) is 5.10 Å². The molecule has 5 nitrogen and oxygen atoms in total. The van der Waals surface area contributed by atoms with Crippen molar-refractivity contribution in [3.05, 3.63) is 93.0 Å². The van der Waals surface area contributed by atoms with E-state index in [4.69, 9.17) is 32.7 Å². The molecule has 1 amide bonds. The predicted octanol–water partition coefficient (Wildman–Crippen LogP) is 5.72. The standard InChI is InChI=1S/C24H22Cl2N2O3/c1-16-11-19(12-17(2)24(16)31-14-18-3-5-20(25)6-4-18)13-27-28-23(29)15-30-22-9-7-21(26)8-10-22/h3-13H,14-15H2,1-2H3,(H,28,29)/b27-13-. The van der Waals surface area contributed by atoms with Crippen LogP contribution >= 0.6 is 23.2 Å². The minimum atomic E-state index is -0.359. The molecule has 0 atom stereocenters. The number of aryl methyl sites for hydroxylation is 2. The molecule has 31 heavy (non-hydrogen) atoms. The number of benzene rings is 3. The Bertz CT molecular complexity index is 1040. The van der Waals surface area contributed by atoms with E-state index in [1.54, 1.807) is 30.5 Å². The normalized spacial score (nSPS) is 10.8. The summed E-state index contributed by atoms with van der Waals surface area (Å²) in [4.78, 5) is 11.9. The number of hydrogen-bond donors (Lipinski definition) is 1. The summed E-state index contributed by atoms with van der Waals surface area (Å²) < 4.78 is 11.4. The molecule has 0 saturated carbocycles. The fraction of sp³-hybridized carbons (Fsp3) is 0.167. The number of amides is 1. The van der Waals surface area contributed by atoms with Crippen LogP contribution < -0.4 is 14.9 Å². The number of nitrogens with one attached hydrogen (secondary N) is 1. The highest BCUT2D eigenvalue weighted by atomic mass is 35.5. The zero-order valence-electron chi connectivity index (χ0n) is 17.2. The van der Waals surface area contributed by atoms with Crippen molar-refractivity contribution < 1.29 is 14.3 Å². The van der Waals surface area contributed by atoms with E-state index in [0.29, 0.717) is 22.4 Å². The van der Waals surface area contributed by atoms with Crippen LogP contribution in [0.3, 0.4) is 0 Å². The van der Waals surface area contributed by atoms with Crippen LogP contribution in [0.25, 0.3) is 0 Å². The lowest BCUT2D eigenvalue weighted by molar-refractivity contribution is -0.123. The van der Waals surface area contributed by atoms with Crippen molar-refractivity contribution in [3.63, 3.8) is 0 Å². The second kappa shape index (κ2) is 10.8. The minimum Gasteiger partial charge on any atom is -0.488 e. The maximum absolute atomic E-state index is 11.9. The molecular weight excluding hydrogens is 435 g/mol. The molecule has 0 aromatic heterocycles. The van der Waals surface area contributed by atoms with Crippen LogP contribution in [-0.4, -0.2) is 18.7 Å². The number of carbonyl (C=O) groups is 1. The summed E-state index contributed by atoms with van der Waals surface area (Å²) in [6.45, 7) is 4.25. The Morgan fingerprint density at radius 1 is 0.935 bits per heavy atom. The van der Waals surface area contributed by atoms with Gasteiger partial charge in [0, 0.05) is 10.0 Å². The molecule has 3 aromatic carbocycles. The summed E-state index contributed by atoms with van der Waals surface area (Å²) in [5.41, 5.74) is 6.31. The highest BCUT2D eigenvalue weighted by Gasteiger charge is 2.07. The monoisotopic (exact) mass is 456 g/mol. The van der Waals surface area contributed by atoms with Crippen LogP contribution in [0.5, 0.6) is 11.5 Å². The Kier molecular flexibility index (Phi) is 7.93. The van der Waals surface area contributed by atoms with Crippen molar-refractivity contribution >= 4 is 35.3 Å². The second-order valence-corrected chi connectivity index (χ2v) is 7.81. The molecule has 0 aliphatic carbocycles. The van der Waals surface area contributed by atoms with Crippen LogP contribution in [0, 0.1) is 13.8 Å². The number of halogens is 2. The van der Waals surface area contributed by atoms with Gasteiger partial charge in [0.1, 0.15) is 18.1 Å². The van der Waals surface area contributed by atoms with Gasteiger partial charge in [0.25, 0.3) is 5.91 Å². The molecule has 0 saturated heterocycles. The summed E-state index contributed by atoms with van der Waals surface area (Å²) in [7, 11) is 0. The van der Waals surface area contributed by atoms with Gasteiger partial charge in [0.2, 0.25) is 0 Å². The molecule has 3 aromatic rings. The molecule has 0 aliphatic heterocycles. The van der Waals surface area contributed by atoms with Crippen molar-refractivity contribution in [3.8, 4) is 11.5 Å². The van der Waals surface area contributed by atoms with Gasteiger partial charge in [-0.15, -0.1) is 0 Å². The van der Waals surface area contributed by atoms with Gasteiger partial charge >= 0.3 is 0 Å². The Labute approximate surface area is 191 Å². The third kappa shape index (κ3) is 7.02. The first-order valence-corrected chi connectivity index (χ1v) is 10.3. The predicted molar refractivity (Wildman–Crippen MR) is 124 cm³/mol. The van der Waals surface area contributed by atoms with Crippen molar-refractivity contribution in [1.82, 2.24) is 5.43 Å². The number of hydrogen-bond acceptors (Lipinski definition) is 4. The summed E-state index contributed by atoms with van der Waals surface area (Å²) in [5, 5.41) is 5.31. The molecule has 0 heterocycles. The molecule has 0 aliphatic rings. The van der Waals surface area contributed by atoms with Gasteiger partial charge in [0.05, 0.1) is 6.21 Å². The molecule has 0 unspecified atom stereocenters. The second-order valence-electron chi connectivity index (χ2n) is 6.93. The zero-order valence-corrected chi connectivity index (χ0v) is 18.7. The number of hydrazone groups is 1. The molecule has 160 valence electrons. The number of rotatable bonds is 8. The lowest BCUT2D eigenvalue weighted by atomic mass is 10.1. The fourth-order valence-electron chi connectivity index (χ4n) is 2.91. The van der Waals surface area contributed by atoms with Gasteiger partial charge < -0.3 is 9.47 Å². The van der Waals surface area contributed by atoms with Crippen molar-refractivity contribution in [1.29, 1.82) is 0 Å². The Morgan fingerprint density at radius 2 is 1.52 bits per heavy atom. The van der Waals surface area contributed by atoms with E-state index in [-0.39, 0.29) is 12.5 Å². The first-order chi connectivity index (χ1) is 14.9. The third-order valence-electron chi connectivity index (χ3n) is 4.37. The Morgan fingerprint density at radius 3 is 2.13 bits per heavy atom. The average Bonchev–Trinajstić information content (AvgIpc) is 2.74. The van der Waals surface area contributed by atoms with Gasteiger partial charge in [-0.1, -0.05) is 35.3 Å². The van der Waals surface area contributed by atoms with Gasteiger partial charge in [0.15, 0.2) is 6.61 Å². The molecule has 3 rings (SSSR count). The first kappa shape index (κ1) is 22.7. The lowest BCUT2D eigenvalue weighted by Crippen LogP contribution is -2.24. The van der Waals surface area contributed by atoms with Crippen molar-refractivity contribution in [2.45, 2.75) is 20.5 Å². The molecule has 0 fully saturated rings. The van der Waals surface area contributed by atoms with Crippen molar-refractivity contribution in [2.75, 3.05) is 6.61 Å². The Hall–Kier alpha value is -3.02. The number of nitrogens with zero attached hydrogens (tertiary/aromatic N) is 1. The molecule has 0 bridgehead atoms. The number of carbonyl (C=O) groups excluding carboxylic acids is 1. The maximum Gasteiger partial charge on any atom is 0.277 e. The molecule has 7 heteroatoms. The highest BCUT2D eigenvalue weighted by Crippen LogP contribution is 2.25. The topological polar surface area (TPSA) is 59.9 Å². The van der Waals surface area contributed by atoms with Crippen LogP contribution in [0.1, 0.15) is 22.3 Å². The zero-order chi connectivity index (χ0) is 22.2. The first-order valence-electron chi connectivity index (χ1n) is 9.59.